The molecule has 1 amide bonds. The van der Waals surface area contributed by atoms with E-state index >= 15 is 0 Å². The number of nitrogens with one attached hydrogen (secondary N) is 1. The quantitative estimate of drug-likeness (QED) is 0.864. The molecule has 0 atom stereocenters. The summed E-state index contributed by atoms with van der Waals surface area (Å²) in [7, 11) is 1.63. The first-order valence-corrected chi connectivity index (χ1v) is 6.14. The van der Waals surface area contributed by atoms with Crippen molar-refractivity contribution in [2.24, 2.45) is 0 Å². The van der Waals surface area contributed by atoms with Crippen LogP contribution in [0.1, 0.15) is 17.5 Å². The highest BCUT2D eigenvalue weighted by atomic mass is 16.6. The Bertz CT molecular complexity index is 487. The molecule has 0 saturated carbocycles. The first kappa shape index (κ1) is 11.3. The Morgan fingerprint density at radius 2 is 2.11 bits per heavy atom. The maximum absolute atomic E-state index is 11.8. The monoisotopic (exact) mass is 248 g/mol. The Labute approximate surface area is 106 Å². The minimum Gasteiger partial charge on any atom is -0.495 e. The van der Waals surface area contributed by atoms with Gasteiger partial charge in [0.05, 0.1) is 19.4 Å². The topological polar surface area (TPSA) is 50.8 Å². The molecule has 0 bridgehead atoms. The van der Waals surface area contributed by atoms with Gasteiger partial charge < -0.3 is 14.8 Å². The molecule has 2 aliphatic heterocycles. The van der Waals surface area contributed by atoms with Crippen LogP contribution in [0, 0.1) is 0 Å². The summed E-state index contributed by atoms with van der Waals surface area (Å²) in [6, 6.07) is 4.04. The van der Waals surface area contributed by atoms with Crippen LogP contribution in [-0.2, 0) is 17.8 Å². The average Bonchev–Trinajstić information content (AvgIpc) is 2.85. The molecule has 96 valence electrons. The first-order valence-electron chi connectivity index (χ1n) is 6.14. The number of fused-ring (bicyclic) bond motifs is 1. The smallest absolute Gasteiger partial charge is 0.414 e. The van der Waals surface area contributed by atoms with Crippen molar-refractivity contribution in [2.75, 3.05) is 25.2 Å². The van der Waals surface area contributed by atoms with Crippen molar-refractivity contribution >= 4 is 11.8 Å². The van der Waals surface area contributed by atoms with Gasteiger partial charge in [-0.25, -0.2) is 4.79 Å². The van der Waals surface area contributed by atoms with Crippen LogP contribution in [0.4, 0.5) is 10.5 Å². The summed E-state index contributed by atoms with van der Waals surface area (Å²) in [6.07, 6.45) is 0.565. The summed E-state index contributed by atoms with van der Waals surface area (Å²) < 4.78 is 10.5. The zero-order chi connectivity index (χ0) is 12.5. The second-order valence-corrected chi connectivity index (χ2v) is 4.52. The number of amides is 1. The Kier molecular flexibility index (Phi) is 2.83. The molecule has 1 saturated heterocycles. The molecular formula is C13H16N2O3. The number of nitrogens with zero attached hydrogens (tertiary/aromatic N) is 1. The van der Waals surface area contributed by atoms with Crippen LogP contribution in [0.3, 0.4) is 0 Å². The molecule has 2 aliphatic rings. The fraction of sp³-hybridized carbons (Fsp3) is 0.462. The van der Waals surface area contributed by atoms with Crippen molar-refractivity contribution in [1.82, 2.24) is 5.32 Å². The molecule has 2 heterocycles. The van der Waals surface area contributed by atoms with Crippen molar-refractivity contribution < 1.29 is 14.3 Å². The number of rotatable bonds is 2. The van der Waals surface area contributed by atoms with Gasteiger partial charge in [0.2, 0.25) is 0 Å². The highest BCUT2D eigenvalue weighted by Crippen LogP contribution is 2.34. The molecule has 0 spiro atoms. The van der Waals surface area contributed by atoms with Crippen LogP contribution in [0.2, 0.25) is 0 Å². The molecular weight excluding hydrogens is 232 g/mol. The third-order valence-corrected chi connectivity index (χ3v) is 3.39. The van der Waals surface area contributed by atoms with Gasteiger partial charge in [-0.3, -0.25) is 4.90 Å². The number of anilines is 1. The van der Waals surface area contributed by atoms with E-state index in [1.54, 1.807) is 12.0 Å². The molecule has 0 unspecified atom stereocenters. The Morgan fingerprint density at radius 3 is 2.83 bits per heavy atom. The van der Waals surface area contributed by atoms with E-state index in [2.05, 4.69) is 5.32 Å². The third kappa shape index (κ3) is 1.80. The van der Waals surface area contributed by atoms with E-state index in [0.717, 1.165) is 30.9 Å². The van der Waals surface area contributed by atoms with Gasteiger partial charge in [-0.15, -0.1) is 0 Å². The molecule has 0 radical (unpaired) electrons. The minimum absolute atomic E-state index is 0.287. The molecule has 0 aromatic heterocycles. The number of hydrogen-bond acceptors (Lipinski definition) is 4. The van der Waals surface area contributed by atoms with E-state index in [9.17, 15) is 4.79 Å². The van der Waals surface area contributed by atoms with E-state index in [1.165, 1.54) is 11.1 Å². The third-order valence-electron chi connectivity index (χ3n) is 3.39. The number of hydrogen-bond donors (Lipinski definition) is 1. The second-order valence-electron chi connectivity index (χ2n) is 4.52. The van der Waals surface area contributed by atoms with Crippen LogP contribution in [-0.4, -0.2) is 26.4 Å². The minimum atomic E-state index is -0.287. The number of ether oxygens (including phenoxy) is 2. The highest BCUT2D eigenvalue weighted by molar-refractivity contribution is 5.90. The zero-order valence-corrected chi connectivity index (χ0v) is 10.4. The number of cyclic esters (lactones) is 1. The van der Waals surface area contributed by atoms with Gasteiger partial charge in [0.25, 0.3) is 0 Å². The highest BCUT2D eigenvalue weighted by Gasteiger charge is 2.26. The van der Waals surface area contributed by atoms with Gasteiger partial charge in [-0.05, 0) is 29.7 Å². The Hall–Kier alpha value is -1.75. The van der Waals surface area contributed by atoms with E-state index in [4.69, 9.17) is 9.47 Å². The lowest BCUT2D eigenvalue weighted by atomic mass is 10.1. The van der Waals surface area contributed by atoms with Crippen molar-refractivity contribution in [2.45, 2.75) is 19.5 Å². The summed E-state index contributed by atoms with van der Waals surface area (Å²) in [4.78, 5) is 13.4. The van der Waals surface area contributed by atoms with Crippen LogP contribution < -0.4 is 15.0 Å². The maximum Gasteiger partial charge on any atom is 0.414 e. The molecule has 3 rings (SSSR count). The van der Waals surface area contributed by atoms with Gasteiger partial charge in [-0.1, -0.05) is 0 Å². The lowest BCUT2D eigenvalue weighted by molar-refractivity contribution is 0.140. The van der Waals surface area contributed by atoms with Crippen molar-refractivity contribution in [3.63, 3.8) is 0 Å². The van der Waals surface area contributed by atoms with Crippen LogP contribution in [0.25, 0.3) is 0 Å². The summed E-state index contributed by atoms with van der Waals surface area (Å²) in [5.74, 6) is 0.733. The van der Waals surface area contributed by atoms with E-state index < -0.39 is 0 Å². The molecule has 1 aromatic rings. The predicted molar refractivity (Wildman–Crippen MR) is 66.8 cm³/mol. The maximum atomic E-state index is 11.8. The van der Waals surface area contributed by atoms with E-state index in [0.29, 0.717) is 13.2 Å². The fourth-order valence-corrected chi connectivity index (χ4v) is 2.46. The number of methoxy groups -OCH3 is 1. The Balaban J connectivity index is 2.01. The van der Waals surface area contributed by atoms with E-state index in [1.807, 2.05) is 12.1 Å². The Morgan fingerprint density at radius 1 is 1.33 bits per heavy atom. The fourth-order valence-electron chi connectivity index (χ4n) is 2.46. The SMILES string of the molecule is COc1cc2c(cc1N1CCCOC1=O)CNC2. The van der Waals surface area contributed by atoms with Crippen molar-refractivity contribution in [3.05, 3.63) is 23.3 Å². The van der Waals surface area contributed by atoms with Gasteiger partial charge in [0.1, 0.15) is 5.75 Å². The normalized spacial score (nSPS) is 18.5. The van der Waals surface area contributed by atoms with Gasteiger partial charge >= 0.3 is 6.09 Å². The molecule has 1 N–H and O–H groups in total. The first-order chi connectivity index (χ1) is 8.79. The summed E-state index contributed by atoms with van der Waals surface area (Å²) >= 11 is 0. The van der Waals surface area contributed by atoms with Crippen LogP contribution in [0.15, 0.2) is 12.1 Å². The van der Waals surface area contributed by atoms with Gasteiger partial charge in [0, 0.05) is 19.6 Å². The predicted octanol–water partition coefficient (Wildman–Crippen LogP) is 1.65. The van der Waals surface area contributed by atoms with E-state index in [-0.39, 0.29) is 6.09 Å². The lowest BCUT2D eigenvalue weighted by Crippen LogP contribution is -2.38. The molecule has 1 fully saturated rings. The second kappa shape index (κ2) is 4.49. The number of benzene rings is 1. The van der Waals surface area contributed by atoms with Crippen LogP contribution in [0.5, 0.6) is 5.75 Å². The summed E-state index contributed by atoms with van der Waals surface area (Å²) in [6.45, 7) is 2.89. The summed E-state index contributed by atoms with van der Waals surface area (Å²) in [5.41, 5.74) is 3.27. The molecule has 5 heteroatoms. The van der Waals surface area contributed by atoms with Crippen molar-refractivity contribution in [1.29, 1.82) is 0 Å². The number of carbonyl (C=O) groups excluding carboxylic acids is 1. The van der Waals surface area contributed by atoms with Gasteiger partial charge in [-0.2, -0.15) is 0 Å². The van der Waals surface area contributed by atoms with Gasteiger partial charge in [0.15, 0.2) is 0 Å². The standard InChI is InChI=1S/C13H16N2O3/c1-17-12-6-10-8-14-7-9(10)5-11(12)15-3-2-4-18-13(15)16/h5-6,14H,2-4,7-8H2,1H3. The molecule has 0 aliphatic carbocycles. The lowest BCUT2D eigenvalue weighted by Gasteiger charge is -2.28. The number of carbonyl (C=O) groups is 1. The molecule has 18 heavy (non-hydrogen) atoms. The van der Waals surface area contributed by atoms with Crippen LogP contribution >= 0.6 is 0 Å². The molecule has 5 nitrogen and oxygen atoms in total. The largest absolute Gasteiger partial charge is 0.495 e. The summed E-state index contributed by atoms with van der Waals surface area (Å²) in [5, 5.41) is 3.29. The van der Waals surface area contributed by atoms with Crippen molar-refractivity contribution in [3.8, 4) is 5.75 Å². The zero-order valence-electron chi connectivity index (χ0n) is 10.4. The molecule has 1 aromatic carbocycles. The average molecular weight is 248 g/mol.